The Morgan fingerprint density at radius 3 is 1.22 bits per heavy atom. The fourth-order valence-electron chi connectivity index (χ4n) is 6.58. The predicted octanol–water partition coefficient (Wildman–Crippen LogP) is 12.0. The van der Waals surface area contributed by atoms with Crippen molar-refractivity contribution in [1.82, 2.24) is 0 Å². The lowest BCUT2D eigenvalue weighted by Gasteiger charge is -2.26. The Labute approximate surface area is 265 Å². The van der Waals surface area contributed by atoms with Crippen LogP contribution < -0.4 is 4.90 Å². The van der Waals surface area contributed by atoms with Gasteiger partial charge in [0.05, 0.1) is 0 Å². The molecule has 0 saturated carbocycles. The second-order valence-corrected chi connectivity index (χ2v) is 11.5. The van der Waals surface area contributed by atoms with Gasteiger partial charge in [-0.2, -0.15) is 0 Å². The summed E-state index contributed by atoms with van der Waals surface area (Å²) in [7, 11) is 0. The fraction of sp³-hybridized carbons (Fsp3) is 0. The number of nitrogens with zero attached hydrogens (tertiary/aromatic N) is 1. The third-order valence-electron chi connectivity index (χ3n) is 8.79. The summed E-state index contributed by atoms with van der Waals surface area (Å²) < 4.78 is 12.6. The zero-order chi connectivity index (χ0) is 30.6. The first-order chi connectivity index (χ1) is 22.7. The number of phenolic OH excluding ortho intramolecular Hbond substituents is 1. The van der Waals surface area contributed by atoms with E-state index in [9.17, 15) is 5.11 Å². The smallest absolute Gasteiger partial charge is 0.143 e. The third-order valence-corrected chi connectivity index (χ3v) is 8.79. The van der Waals surface area contributed by atoms with Crippen molar-refractivity contribution in [2.24, 2.45) is 0 Å². The molecule has 4 nitrogen and oxygen atoms in total. The fourth-order valence-corrected chi connectivity index (χ4v) is 6.58. The topological polar surface area (TPSA) is 49.8 Å². The summed E-state index contributed by atoms with van der Waals surface area (Å²) in [6.07, 6.45) is 0. The Morgan fingerprint density at radius 1 is 0.370 bits per heavy atom. The van der Waals surface area contributed by atoms with E-state index in [2.05, 4.69) is 102 Å². The molecule has 7 aromatic carbocycles. The minimum absolute atomic E-state index is 0.229. The molecular formula is C42H27NO3. The van der Waals surface area contributed by atoms with E-state index in [1.54, 1.807) is 12.1 Å². The first kappa shape index (κ1) is 26.2. The Hall–Kier alpha value is -6.26. The summed E-state index contributed by atoms with van der Waals surface area (Å²) >= 11 is 0. The number of aromatic hydroxyl groups is 1. The van der Waals surface area contributed by atoms with E-state index in [0.717, 1.165) is 83.2 Å². The summed E-state index contributed by atoms with van der Waals surface area (Å²) in [5.41, 5.74) is 10.8. The highest BCUT2D eigenvalue weighted by Gasteiger charge is 2.17. The van der Waals surface area contributed by atoms with E-state index in [1.165, 1.54) is 0 Å². The number of furan rings is 2. The molecule has 0 atom stereocenters. The zero-order valence-corrected chi connectivity index (χ0v) is 24.7. The summed E-state index contributed by atoms with van der Waals surface area (Å²) in [4.78, 5) is 2.19. The zero-order valence-electron chi connectivity index (χ0n) is 24.7. The van der Waals surface area contributed by atoms with Crippen molar-refractivity contribution in [2.45, 2.75) is 0 Å². The summed E-state index contributed by atoms with van der Waals surface area (Å²) in [5.74, 6) is 0.229. The minimum atomic E-state index is 0.229. The molecule has 218 valence electrons. The predicted molar refractivity (Wildman–Crippen MR) is 188 cm³/mol. The van der Waals surface area contributed by atoms with Gasteiger partial charge >= 0.3 is 0 Å². The highest BCUT2D eigenvalue weighted by molar-refractivity contribution is 6.10. The largest absolute Gasteiger partial charge is 0.508 e. The maximum absolute atomic E-state index is 10.0. The molecule has 46 heavy (non-hydrogen) atoms. The lowest BCUT2D eigenvalue weighted by molar-refractivity contribution is 0.475. The number of anilines is 3. The average Bonchev–Trinajstić information content (AvgIpc) is 3.69. The van der Waals surface area contributed by atoms with Crippen LogP contribution in [0.3, 0.4) is 0 Å². The normalized spacial score (nSPS) is 11.6. The van der Waals surface area contributed by atoms with Gasteiger partial charge in [0.2, 0.25) is 0 Å². The van der Waals surface area contributed by atoms with Gasteiger partial charge in [-0.3, -0.25) is 0 Å². The van der Waals surface area contributed by atoms with Crippen LogP contribution in [-0.4, -0.2) is 5.11 Å². The van der Waals surface area contributed by atoms with Crippen molar-refractivity contribution in [1.29, 1.82) is 0 Å². The maximum Gasteiger partial charge on any atom is 0.143 e. The number of phenols is 1. The van der Waals surface area contributed by atoms with Gasteiger partial charge in [-0.05, 0) is 71.8 Å². The van der Waals surface area contributed by atoms with Gasteiger partial charge in [0.1, 0.15) is 28.1 Å². The van der Waals surface area contributed by atoms with E-state index < -0.39 is 0 Å². The standard InChI is InChI=1S/C42H27NO3/c44-32-25-23-31(24-26-32)43(29-19-15-27(16-20-29)33-9-5-11-37-35-7-1-3-13-39(35)45-41(33)37)30-21-17-28(18-22-30)34-10-6-12-38-36-8-2-4-14-40(36)46-42(34)38/h1-26,44H. The van der Waals surface area contributed by atoms with Crippen LogP contribution in [0.2, 0.25) is 0 Å². The number of hydrogen-bond acceptors (Lipinski definition) is 4. The van der Waals surface area contributed by atoms with E-state index in [4.69, 9.17) is 8.83 Å². The molecule has 0 saturated heterocycles. The first-order valence-corrected chi connectivity index (χ1v) is 15.3. The van der Waals surface area contributed by atoms with Gasteiger partial charge < -0.3 is 18.8 Å². The van der Waals surface area contributed by atoms with E-state index in [1.807, 2.05) is 48.5 Å². The van der Waals surface area contributed by atoms with Crippen LogP contribution in [0.15, 0.2) is 167 Å². The SMILES string of the molecule is Oc1ccc(N(c2ccc(-c3cccc4c3oc3ccccc34)cc2)c2ccc(-c3cccc4c3oc3ccccc34)cc2)cc1. The average molecular weight is 594 g/mol. The molecular weight excluding hydrogens is 566 g/mol. The monoisotopic (exact) mass is 593 g/mol. The van der Waals surface area contributed by atoms with E-state index in [0.29, 0.717) is 0 Å². The van der Waals surface area contributed by atoms with Gasteiger partial charge in [-0.1, -0.05) is 97.1 Å². The highest BCUT2D eigenvalue weighted by Crippen LogP contribution is 2.41. The molecule has 0 aliphatic carbocycles. The van der Waals surface area contributed by atoms with Crippen LogP contribution in [0.25, 0.3) is 66.1 Å². The number of benzene rings is 7. The molecule has 1 N–H and O–H groups in total. The summed E-state index contributed by atoms with van der Waals surface area (Å²) in [6, 6.07) is 53.3. The molecule has 0 fully saturated rings. The van der Waals surface area contributed by atoms with Crippen LogP contribution in [0, 0.1) is 0 Å². The molecule has 0 bridgehead atoms. The molecule has 2 heterocycles. The molecule has 0 spiro atoms. The Bertz CT molecular complexity index is 2360. The summed E-state index contributed by atoms with van der Waals surface area (Å²) in [5, 5.41) is 14.5. The minimum Gasteiger partial charge on any atom is -0.508 e. The summed E-state index contributed by atoms with van der Waals surface area (Å²) in [6.45, 7) is 0. The third kappa shape index (κ3) is 4.23. The molecule has 2 aromatic heterocycles. The molecule has 9 rings (SSSR count). The number of rotatable bonds is 5. The number of fused-ring (bicyclic) bond motifs is 6. The van der Waals surface area contributed by atoms with Crippen molar-refractivity contribution >= 4 is 60.9 Å². The van der Waals surface area contributed by atoms with Gasteiger partial charge in [0.15, 0.2) is 0 Å². The number of para-hydroxylation sites is 4. The Kier molecular flexibility index (Phi) is 5.93. The number of hydrogen-bond donors (Lipinski definition) is 1. The van der Waals surface area contributed by atoms with Crippen LogP contribution in [0.5, 0.6) is 5.75 Å². The van der Waals surface area contributed by atoms with Crippen molar-refractivity contribution in [2.75, 3.05) is 4.90 Å². The Balaban J connectivity index is 1.11. The van der Waals surface area contributed by atoms with Gasteiger partial charge in [-0.25, -0.2) is 0 Å². The molecule has 0 unspecified atom stereocenters. The second-order valence-electron chi connectivity index (χ2n) is 11.5. The van der Waals surface area contributed by atoms with E-state index >= 15 is 0 Å². The van der Waals surface area contributed by atoms with Gasteiger partial charge in [0, 0.05) is 49.7 Å². The van der Waals surface area contributed by atoms with Crippen LogP contribution in [-0.2, 0) is 0 Å². The Morgan fingerprint density at radius 2 is 0.761 bits per heavy atom. The van der Waals surface area contributed by atoms with Crippen molar-refractivity contribution in [3.63, 3.8) is 0 Å². The molecule has 0 amide bonds. The van der Waals surface area contributed by atoms with Crippen LogP contribution in [0.4, 0.5) is 17.1 Å². The lowest BCUT2D eigenvalue weighted by Crippen LogP contribution is -2.09. The molecule has 0 aliphatic rings. The lowest BCUT2D eigenvalue weighted by atomic mass is 10.0. The molecule has 0 aliphatic heterocycles. The molecule has 4 heteroatoms. The van der Waals surface area contributed by atoms with E-state index in [-0.39, 0.29) is 5.75 Å². The molecule has 0 radical (unpaired) electrons. The van der Waals surface area contributed by atoms with Crippen molar-refractivity contribution in [3.8, 4) is 28.0 Å². The maximum atomic E-state index is 10.0. The molecule has 9 aromatic rings. The van der Waals surface area contributed by atoms with Crippen molar-refractivity contribution < 1.29 is 13.9 Å². The van der Waals surface area contributed by atoms with Gasteiger partial charge in [-0.15, -0.1) is 0 Å². The highest BCUT2D eigenvalue weighted by atomic mass is 16.3. The van der Waals surface area contributed by atoms with Crippen LogP contribution >= 0.6 is 0 Å². The first-order valence-electron chi connectivity index (χ1n) is 15.3. The van der Waals surface area contributed by atoms with Gasteiger partial charge in [0.25, 0.3) is 0 Å². The van der Waals surface area contributed by atoms with Crippen LogP contribution in [0.1, 0.15) is 0 Å². The quantitative estimate of drug-likeness (QED) is 0.216. The van der Waals surface area contributed by atoms with Crippen molar-refractivity contribution in [3.05, 3.63) is 158 Å². The second kappa shape index (κ2) is 10.4.